The standard InChI is InChI=1S/C20H38O7Si/c1-18(2,3)17(22)23-11-12(21)13-14(27-28(9,10)19(4,5)6)15-16(24-13)26-20(7,8)25-15/h12-16,21H,11H2,1-10H3/t12-,13-,14+,15-,16-/m1/s1. The highest BCUT2D eigenvalue weighted by Crippen LogP contribution is 2.44. The van der Waals surface area contributed by atoms with Crippen molar-refractivity contribution < 1.29 is 33.3 Å². The van der Waals surface area contributed by atoms with E-state index in [0.29, 0.717) is 0 Å². The third kappa shape index (κ3) is 5.15. The molecule has 0 aromatic heterocycles. The number of aliphatic hydroxyl groups excluding tert-OH is 1. The Bertz CT molecular complexity index is 576. The summed E-state index contributed by atoms with van der Waals surface area (Å²) in [5, 5.41) is 10.7. The summed E-state index contributed by atoms with van der Waals surface area (Å²) >= 11 is 0. The molecule has 164 valence electrons. The first-order valence-corrected chi connectivity index (χ1v) is 12.9. The fraction of sp³-hybridized carbons (Fsp3) is 0.950. The van der Waals surface area contributed by atoms with Gasteiger partial charge in [-0.25, -0.2) is 0 Å². The molecule has 8 heteroatoms. The van der Waals surface area contributed by atoms with Crippen molar-refractivity contribution >= 4 is 14.3 Å². The molecule has 0 amide bonds. The maximum Gasteiger partial charge on any atom is 0.311 e. The van der Waals surface area contributed by atoms with Crippen molar-refractivity contribution in [3.63, 3.8) is 0 Å². The highest BCUT2D eigenvalue weighted by atomic mass is 28.4. The molecule has 2 aliphatic heterocycles. The molecule has 28 heavy (non-hydrogen) atoms. The first-order chi connectivity index (χ1) is 12.4. The number of carbonyl (C=O) groups is 1. The molecule has 2 fully saturated rings. The van der Waals surface area contributed by atoms with E-state index < -0.39 is 50.2 Å². The quantitative estimate of drug-likeness (QED) is 0.542. The van der Waals surface area contributed by atoms with Gasteiger partial charge in [-0.15, -0.1) is 0 Å². The predicted octanol–water partition coefficient (Wildman–Crippen LogP) is 3.20. The van der Waals surface area contributed by atoms with Crippen molar-refractivity contribution in [3.05, 3.63) is 0 Å². The summed E-state index contributed by atoms with van der Waals surface area (Å²) in [6.45, 7) is 19.5. The van der Waals surface area contributed by atoms with Crippen LogP contribution >= 0.6 is 0 Å². The smallest absolute Gasteiger partial charge is 0.311 e. The summed E-state index contributed by atoms with van der Waals surface area (Å²) in [7, 11) is -2.17. The van der Waals surface area contributed by atoms with E-state index in [0.717, 1.165) is 0 Å². The summed E-state index contributed by atoms with van der Waals surface area (Å²) in [5.74, 6) is -1.15. The molecule has 2 heterocycles. The minimum absolute atomic E-state index is 0.0196. The van der Waals surface area contributed by atoms with Crippen LogP contribution in [0.1, 0.15) is 55.4 Å². The minimum atomic E-state index is -2.17. The number of esters is 1. The lowest BCUT2D eigenvalue weighted by Crippen LogP contribution is -2.52. The molecule has 0 spiro atoms. The Hall–Kier alpha value is -0.513. The number of aliphatic hydroxyl groups is 1. The van der Waals surface area contributed by atoms with Crippen LogP contribution in [0.15, 0.2) is 0 Å². The van der Waals surface area contributed by atoms with Crippen molar-refractivity contribution in [2.24, 2.45) is 5.41 Å². The van der Waals surface area contributed by atoms with Crippen LogP contribution in [0.25, 0.3) is 0 Å². The van der Waals surface area contributed by atoms with E-state index in [4.69, 9.17) is 23.4 Å². The van der Waals surface area contributed by atoms with Gasteiger partial charge in [-0.3, -0.25) is 4.79 Å². The molecular formula is C20H38O7Si. The van der Waals surface area contributed by atoms with Crippen molar-refractivity contribution in [1.82, 2.24) is 0 Å². The topological polar surface area (TPSA) is 83.5 Å². The maximum absolute atomic E-state index is 12.1. The van der Waals surface area contributed by atoms with Crippen LogP contribution < -0.4 is 0 Å². The van der Waals surface area contributed by atoms with Crippen molar-refractivity contribution in [3.8, 4) is 0 Å². The number of ether oxygens (including phenoxy) is 4. The molecule has 2 rings (SSSR count). The van der Waals surface area contributed by atoms with Gasteiger partial charge in [-0.1, -0.05) is 20.8 Å². The van der Waals surface area contributed by atoms with Crippen LogP contribution in [-0.2, 0) is 28.2 Å². The number of hydrogen-bond donors (Lipinski definition) is 1. The van der Waals surface area contributed by atoms with Gasteiger partial charge in [0.1, 0.15) is 31.0 Å². The van der Waals surface area contributed by atoms with Crippen molar-refractivity contribution in [2.75, 3.05) is 6.61 Å². The molecule has 1 N–H and O–H groups in total. The normalized spacial score (nSPS) is 31.5. The van der Waals surface area contributed by atoms with E-state index in [1.807, 2.05) is 13.8 Å². The highest BCUT2D eigenvalue weighted by molar-refractivity contribution is 6.74. The molecule has 5 atom stereocenters. The van der Waals surface area contributed by atoms with Crippen LogP contribution in [0.4, 0.5) is 0 Å². The third-order valence-corrected chi connectivity index (χ3v) is 10.1. The lowest BCUT2D eigenvalue weighted by Gasteiger charge is -2.41. The lowest BCUT2D eigenvalue weighted by atomic mass is 9.97. The first-order valence-electron chi connectivity index (χ1n) is 9.99. The van der Waals surface area contributed by atoms with Crippen LogP contribution in [0.5, 0.6) is 0 Å². The van der Waals surface area contributed by atoms with E-state index in [9.17, 15) is 9.90 Å². The second kappa shape index (κ2) is 7.63. The average Bonchev–Trinajstić information content (AvgIpc) is 2.95. The summed E-state index contributed by atoms with van der Waals surface area (Å²) < 4.78 is 29.7. The van der Waals surface area contributed by atoms with Crippen molar-refractivity contribution in [2.45, 2.75) is 110 Å². The monoisotopic (exact) mass is 418 g/mol. The highest BCUT2D eigenvalue weighted by Gasteiger charge is 2.59. The Morgan fingerprint density at radius 1 is 1.14 bits per heavy atom. The molecule has 7 nitrogen and oxygen atoms in total. The SMILES string of the molecule is CC1(C)O[C@H]2O[C@H]([C@H](O)COC(=O)C(C)(C)C)[C@H](O[Si](C)(C)C(C)(C)C)[C@H]2O1. The molecule has 0 aromatic rings. The van der Waals surface area contributed by atoms with E-state index in [1.54, 1.807) is 20.8 Å². The van der Waals surface area contributed by atoms with Gasteiger partial charge in [0.25, 0.3) is 0 Å². The van der Waals surface area contributed by atoms with E-state index >= 15 is 0 Å². The molecule has 0 aliphatic carbocycles. The van der Waals surface area contributed by atoms with Gasteiger partial charge in [0.2, 0.25) is 0 Å². The van der Waals surface area contributed by atoms with E-state index in [1.165, 1.54) is 0 Å². The van der Waals surface area contributed by atoms with Gasteiger partial charge in [-0.2, -0.15) is 0 Å². The Balaban J connectivity index is 2.16. The summed E-state index contributed by atoms with van der Waals surface area (Å²) in [6, 6.07) is 0. The van der Waals surface area contributed by atoms with Crippen LogP contribution in [0.2, 0.25) is 18.1 Å². The zero-order chi connectivity index (χ0) is 21.7. The summed E-state index contributed by atoms with van der Waals surface area (Å²) in [4.78, 5) is 12.1. The second-order valence-corrected chi connectivity index (χ2v) is 15.6. The maximum atomic E-state index is 12.1. The summed E-state index contributed by atoms with van der Waals surface area (Å²) in [6.07, 6.45) is -3.31. The van der Waals surface area contributed by atoms with Gasteiger partial charge in [0.05, 0.1) is 5.41 Å². The molecule has 0 radical (unpaired) electrons. The number of rotatable bonds is 5. The molecule has 0 bridgehead atoms. The zero-order valence-corrected chi connectivity index (χ0v) is 20.0. The Morgan fingerprint density at radius 3 is 2.21 bits per heavy atom. The fourth-order valence-electron chi connectivity index (χ4n) is 2.94. The van der Waals surface area contributed by atoms with Crippen molar-refractivity contribution in [1.29, 1.82) is 0 Å². The average molecular weight is 419 g/mol. The molecule has 0 saturated carbocycles. The van der Waals surface area contributed by atoms with Gasteiger partial charge in [-0.05, 0) is 52.8 Å². The van der Waals surface area contributed by atoms with Gasteiger partial charge < -0.3 is 28.5 Å². The van der Waals surface area contributed by atoms with Gasteiger partial charge in [0, 0.05) is 0 Å². The Labute approximate surface area is 170 Å². The van der Waals surface area contributed by atoms with E-state index in [-0.39, 0.29) is 17.6 Å². The minimum Gasteiger partial charge on any atom is -0.462 e. The molecule has 2 aliphatic rings. The van der Waals surface area contributed by atoms with Crippen LogP contribution in [0.3, 0.4) is 0 Å². The largest absolute Gasteiger partial charge is 0.462 e. The molecule has 0 unspecified atom stereocenters. The first kappa shape index (κ1) is 23.8. The Kier molecular flexibility index (Phi) is 6.48. The second-order valence-electron chi connectivity index (χ2n) is 10.8. The number of fused-ring (bicyclic) bond motifs is 1. The number of hydrogen-bond acceptors (Lipinski definition) is 7. The number of carbonyl (C=O) groups excluding carboxylic acids is 1. The lowest BCUT2D eigenvalue weighted by molar-refractivity contribution is -0.227. The third-order valence-electron chi connectivity index (χ3n) is 5.64. The molecule has 2 saturated heterocycles. The van der Waals surface area contributed by atoms with Crippen LogP contribution in [-0.4, -0.2) is 62.5 Å². The summed E-state index contributed by atoms with van der Waals surface area (Å²) in [5.41, 5.74) is -0.639. The van der Waals surface area contributed by atoms with E-state index in [2.05, 4.69) is 33.9 Å². The zero-order valence-electron chi connectivity index (χ0n) is 19.0. The van der Waals surface area contributed by atoms with Gasteiger partial charge >= 0.3 is 5.97 Å². The van der Waals surface area contributed by atoms with Gasteiger partial charge in [0.15, 0.2) is 20.4 Å². The fourth-order valence-corrected chi connectivity index (χ4v) is 4.24. The predicted molar refractivity (Wildman–Crippen MR) is 107 cm³/mol. The Morgan fingerprint density at radius 2 is 1.71 bits per heavy atom. The van der Waals surface area contributed by atoms with Crippen LogP contribution in [0, 0.1) is 5.41 Å². The molecular weight excluding hydrogens is 380 g/mol. The molecule has 0 aromatic carbocycles.